The van der Waals surface area contributed by atoms with Gasteiger partial charge in [0.2, 0.25) is 16.4 Å². The Morgan fingerprint density at radius 1 is 1.33 bits per heavy atom. The smallest absolute Gasteiger partial charge is 0.246 e. The summed E-state index contributed by atoms with van der Waals surface area (Å²) in [5, 5.41) is 2.37. The highest BCUT2D eigenvalue weighted by atomic mass is 32.2. The van der Waals surface area contributed by atoms with Crippen LogP contribution in [-0.4, -0.2) is 44.0 Å². The molecule has 1 amide bonds. The Kier molecular flexibility index (Phi) is 4.69. The molecule has 1 aliphatic heterocycles. The molecule has 21 heavy (non-hydrogen) atoms. The lowest BCUT2D eigenvalue weighted by Crippen LogP contribution is -2.41. The van der Waals surface area contributed by atoms with Crippen LogP contribution in [0.4, 0.5) is 4.39 Å². The van der Waals surface area contributed by atoms with Gasteiger partial charge in [0.15, 0.2) is 5.78 Å². The van der Waals surface area contributed by atoms with Crippen molar-refractivity contribution in [2.24, 2.45) is 0 Å². The first-order chi connectivity index (χ1) is 9.96. The highest BCUT2D eigenvalue weighted by Gasteiger charge is 2.33. The number of hydrogen-bond acceptors (Lipinski definition) is 4. The molecule has 1 heterocycles. The van der Waals surface area contributed by atoms with E-state index in [1.807, 2.05) is 0 Å². The molecule has 1 unspecified atom stereocenters. The van der Waals surface area contributed by atoms with Gasteiger partial charge in [0.25, 0.3) is 0 Å². The number of carbonyl (C=O) groups is 2. The van der Waals surface area contributed by atoms with Crippen LogP contribution in [0.1, 0.15) is 12.8 Å². The van der Waals surface area contributed by atoms with E-state index < -0.39 is 32.6 Å². The number of ketones is 1. The molecule has 0 saturated carbocycles. The monoisotopic (exact) mass is 314 g/mol. The van der Waals surface area contributed by atoms with Gasteiger partial charge in [-0.05, 0) is 25.0 Å². The van der Waals surface area contributed by atoms with E-state index in [1.54, 1.807) is 0 Å². The summed E-state index contributed by atoms with van der Waals surface area (Å²) in [5.74, 6) is -1.25. The molecule has 1 aromatic carbocycles. The number of hydrogen-bond donors (Lipinski definition) is 1. The number of sulfonamides is 1. The largest absolute Gasteiger partial charge is 0.349 e. The number of nitrogens with zero attached hydrogens (tertiary/aromatic N) is 1. The van der Waals surface area contributed by atoms with E-state index in [0.717, 1.165) is 10.4 Å². The lowest BCUT2D eigenvalue weighted by atomic mass is 10.1. The van der Waals surface area contributed by atoms with Crippen molar-refractivity contribution >= 4 is 22.2 Å². The fourth-order valence-electron chi connectivity index (χ4n) is 2.25. The van der Waals surface area contributed by atoms with E-state index in [1.165, 1.54) is 18.2 Å². The van der Waals surface area contributed by atoms with Crippen LogP contribution in [-0.2, 0) is 19.6 Å². The van der Waals surface area contributed by atoms with Crippen molar-refractivity contribution in [3.05, 3.63) is 30.1 Å². The first-order valence-corrected chi connectivity index (χ1v) is 7.88. The van der Waals surface area contributed by atoms with Gasteiger partial charge in [-0.1, -0.05) is 12.1 Å². The van der Waals surface area contributed by atoms with Crippen molar-refractivity contribution < 1.29 is 22.4 Å². The minimum Gasteiger partial charge on any atom is -0.349 e. The third-order valence-corrected chi connectivity index (χ3v) is 5.22. The molecule has 1 aromatic rings. The predicted octanol–water partition coefficient (Wildman–Crippen LogP) is 0.294. The molecule has 1 atom stereocenters. The fraction of sp³-hybridized carbons (Fsp3) is 0.385. The Balaban J connectivity index is 2.27. The fourth-order valence-corrected chi connectivity index (χ4v) is 3.76. The standard InChI is InChI=1S/C13H15FN2O4S/c14-10-4-1-2-6-13(10)21(19,20)16-7-3-5-11(15-9-17)12(18)8-16/h1-2,4,6,9,11H,3,5,7-8H2,(H,15,17). The Labute approximate surface area is 122 Å². The number of halogens is 1. The van der Waals surface area contributed by atoms with E-state index in [0.29, 0.717) is 19.3 Å². The number of benzene rings is 1. The van der Waals surface area contributed by atoms with Crippen molar-refractivity contribution in [2.75, 3.05) is 13.1 Å². The maximum Gasteiger partial charge on any atom is 0.246 e. The zero-order chi connectivity index (χ0) is 15.5. The maximum atomic E-state index is 13.7. The molecule has 6 nitrogen and oxygen atoms in total. The lowest BCUT2D eigenvalue weighted by molar-refractivity contribution is -0.123. The van der Waals surface area contributed by atoms with E-state index in [2.05, 4.69) is 5.32 Å². The predicted molar refractivity (Wildman–Crippen MR) is 72.4 cm³/mol. The van der Waals surface area contributed by atoms with Gasteiger partial charge >= 0.3 is 0 Å². The summed E-state index contributed by atoms with van der Waals surface area (Å²) in [5.41, 5.74) is 0. The third-order valence-electron chi connectivity index (χ3n) is 3.34. The Morgan fingerprint density at radius 3 is 2.71 bits per heavy atom. The molecular weight excluding hydrogens is 299 g/mol. The second kappa shape index (κ2) is 6.31. The van der Waals surface area contributed by atoms with Crippen LogP contribution in [0.2, 0.25) is 0 Å². The first-order valence-electron chi connectivity index (χ1n) is 6.44. The Bertz CT molecular complexity index is 647. The molecule has 0 bridgehead atoms. The molecule has 2 rings (SSSR count). The molecule has 0 aliphatic carbocycles. The summed E-state index contributed by atoms with van der Waals surface area (Å²) in [6.07, 6.45) is 1.19. The summed E-state index contributed by atoms with van der Waals surface area (Å²) < 4.78 is 39.5. The van der Waals surface area contributed by atoms with Gasteiger partial charge in [-0.3, -0.25) is 9.59 Å². The highest BCUT2D eigenvalue weighted by Crippen LogP contribution is 2.21. The van der Waals surface area contributed by atoms with Crippen LogP contribution in [0.3, 0.4) is 0 Å². The second-order valence-electron chi connectivity index (χ2n) is 4.71. The molecule has 1 saturated heterocycles. The molecule has 114 valence electrons. The van der Waals surface area contributed by atoms with Gasteiger partial charge in [0.05, 0.1) is 12.6 Å². The van der Waals surface area contributed by atoms with E-state index in [-0.39, 0.29) is 13.1 Å². The molecule has 0 radical (unpaired) electrons. The third kappa shape index (κ3) is 3.27. The SMILES string of the molecule is O=CNC1CCCN(S(=O)(=O)c2ccccc2F)CC1=O. The van der Waals surface area contributed by atoms with Gasteiger partial charge in [0.1, 0.15) is 10.7 Å². The summed E-state index contributed by atoms with van der Waals surface area (Å²) in [6.45, 7) is -0.262. The van der Waals surface area contributed by atoms with Gasteiger partial charge in [-0.15, -0.1) is 0 Å². The van der Waals surface area contributed by atoms with Crippen LogP contribution in [0.5, 0.6) is 0 Å². The maximum absolute atomic E-state index is 13.7. The number of nitrogens with one attached hydrogen (secondary N) is 1. The summed E-state index contributed by atoms with van der Waals surface area (Å²) in [4.78, 5) is 21.9. The lowest BCUT2D eigenvalue weighted by Gasteiger charge is -2.19. The van der Waals surface area contributed by atoms with Crippen LogP contribution < -0.4 is 5.32 Å². The summed E-state index contributed by atoms with van der Waals surface area (Å²) >= 11 is 0. The molecular formula is C13H15FN2O4S. The van der Waals surface area contributed by atoms with Gasteiger partial charge in [0, 0.05) is 6.54 Å². The molecule has 8 heteroatoms. The zero-order valence-corrected chi connectivity index (χ0v) is 12.0. The first kappa shape index (κ1) is 15.6. The quantitative estimate of drug-likeness (QED) is 0.810. The van der Waals surface area contributed by atoms with Crippen molar-refractivity contribution in [1.82, 2.24) is 9.62 Å². The number of Topliss-reactive ketones (excluding diaryl/α,β-unsaturated/α-hetero) is 1. The minimum atomic E-state index is -4.07. The van der Waals surface area contributed by atoms with Crippen LogP contribution in [0.15, 0.2) is 29.2 Å². The molecule has 0 aromatic heterocycles. The van der Waals surface area contributed by atoms with Crippen LogP contribution >= 0.6 is 0 Å². The van der Waals surface area contributed by atoms with Crippen LogP contribution in [0.25, 0.3) is 0 Å². The van der Waals surface area contributed by atoms with Crippen molar-refractivity contribution in [1.29, 1.82) is 0 Å². The number of amides is 1. The number of carbonyl (C=O) groups excluding carboxylic acids is 2. The zero-order valence-electron chi connectivity index (χ0n) is 11.2. The topological polar surface area (TPSA) is 83.6 Å². The van der Waals surface area contributed by atoms with Crippen molar-refractivity contribution in [2.45, 2.75) is 23.8 Å². The normalized spacial score (nSPS) is 20.8. The van der Waals surface area contributed by atoms with Gasteiger partial charge < -0.3 is 5.32 Å². The summed E-state index contributed by atoms with van der Waals surface area (Å²) in [7, 11) is -4.07. The Morgan fingerprint density at radius 2 is 2.05 bits per heavy atom. The van der Waals surface area contributed by atoms with Crippen molar-refractivity contribution in [3.63, 3.8) is 0 Å². The van der Waals surface area contributed by atoms with Gasteiger partial charge in [-0.25, -0.2) is 12.8 Å². The number of rotatable bonds is 4. The molecule has 1 N–H and O–H groups in total. The molecule has 0 spiro atoms. The van der Waals surface area contributed by atoms with E-state index in [9.17, 15) is 22.4 Å². The Hall–Kier alpha value is -1.80. The highest BCUT2D eigenvalue weighted by molar-refractivity contribution is 7.89. The van der Waals surface area contributed by atoms with Crippen LogP contribution in [0, 0.1) is 5.82 Å². The minimum absolute atomic E-state index is 0.111. The molecule has 1 fully saturated rings. The van der Waals surface area contributed by atoms with E-state index in [4.69, 9.17) is 0 Å². The average Bonchev–Trinajstić information content (AvgIpc) is 2.63. The average molecular weight is 314 g/mol. The second-order valence-corrected chi connectivity index (χ2v) is 6.62. The molecule has 1 aliphatic rings. The summed E-state index contributed by atoms with van der Waals surface area (Å²) in [6, 6.07) is 4.35. The van der Waals surface area contributed by atoms with Crippen molar-refractivity contribution in [3.8, 4) is 0 Å². The van der Waals surface area contributed by atoms with E-state index >= 15 is 0 Å². The van der Waals surface area contributed by atoms with Gasteiger partial charge in [-0.2, -0.15) is 4.31 Å².